The van der Waals surface area contributed by atoms with Crippen LogP contribution < -0.4 is 5.56 Å². The number of thioether (sulfide) groups is 1. The van der Waals surface area contributed by atoms with E-state index in [9.17, 15) is 13.2 Å². The second kappa shape index (κ2) is 8.91. The Morgan fingerprint density at radius 2 is 2.00 bits per heavy atom. The lowest BCUT2D eigenvalue weighted by atomic mass is 10.2. The summed E-state index contributed by atoms with van der Waals surface area (Å²) in [7, 11) is -3.59. The number of rotatable bonds is 8. The first kappa shape index (κ1) is 21.7. The van der Waals surface area contributed by atoms with Gasteiger partial charge in [0.25, 0.3) is 10.8 Å². The van der Waals surface area contributed by atoms with Gasteiger partial charge in [-0.2, -0.15) is 4.31 Å². The van der Waals surface area contributed by atoms with Gasteiger partial charge in [-0.15, -0.1) is 21.5 Å². The van der Waals surface area contributed by atoms with Crippen molar-refractivity contribution in [3.63, 3.8) is 0 Å². The highest BCUT2D eigenvalue weighted by molar-refractivity contribution is 7.98. The van der Waals surface area contributed by atoms with Crippen molar-refractivity contribution in [1.82, 2.24) is 24.5 Å². The molecule has 0 saturated carbocycles. The van der Waals surface area contributed by atoms with Crippen molar-refractivity contribution in [2.75, 3.05) is 13.1 Å². The summed E-state index contributed by atoms with van der Waals surface area (Å²) in [4.78, 5) is 19.4. The normalized spacial score (nSPS) is 12.1. The molecular weight excluding hydrogens is 458 g/mol. The zero-order valence-electron chi connectivity index (χ0n) is 16.7. The second-order valence-corrected chi connectivity index (χ2v) is 10.2. The number of H-pyrrole nitrogens is 1. The summed E-state index contributed by atoms with van der Waals surface area (Å²) >= 11 is 2.58. The van der Waals surface area contributed by atoms with Gasteiger partial charge in [0.05, 0.1) is 16.2 Å². The third-order valence-electron chi connectivity index (χ3n) is 4.53. The molecule has 9 nitrogen and oxygen atoms in total. The van der Waals surface area contributed by atoms with E-state index in [0.29, 0.717) is 45.7 Å². The summed E-state index contributed by atoms with van der Waals surface area (Å²) < 4.78 is 33.2. The number of nitrogens with zero attached hydrogens (tertiary/aromatic N) is 4. The summed E-state index contributed by atoms with van der Waals surface area (Å²) in [6.45, 7) is 4.37. The van der Waals surface area contributed by atoms with Crippen LogP contribution in [0.2, 0.25) is 0 Å². The summed E-state index contributed by atoms with van der Waals surface area (Å²) in [5.41, 5.74) is 0.994. The lowest BCUT2D eigenvalue weighted by molar-refractivity contribution is 0.445. The third-order valence-corrected chi connectivity index (χ3v) is 8.30. The van der Waals surface area contributed by atoms with Gasteiger partial charge in [-0.3, -0.25) is 4.79 Å². The smallest absolute Gasteiger partial charge is 0.277 e. The van der Waals surface area contributed by atoms with Gasteiger partial charge in [0.1, 0.15) is 10.5 Å². The highest BCUT2D eigenvalue weighted by Gasteiger charge is 2.22. The maximum absolute atomic E-state index is 12.8. The van der Waals surface area contributed by atoms with Gasteiger partial charge < -0.3 is 9.40 Å². The Balaban J connectivity index is 1.53. The van der Waals surface area contributed by atoms with Crippen molar-refractivity contribution in [1.29, 1.82) is 0 Å². The van der Waals surface area contributed by atoms with E-state index in [2.05, 4.69) is 20.2 Å². The van der Waals surface area contributed by atoms with Crippen LogP contribution in [-0.2, 0) is 15.8 Å². The summed E-state index contributed by atoms with van der Waals surface area (Å²) in [5, 5.41) is 10.2. The molecule has 1 aromatic carbocycles. The fourth-order valence-electron chi connectivity index (χ4n) is 3.01. The molecule has 0 aliphatic carbocycles. The van der Waals surface area contributed by atoms with E-state index < -0.39 is 10.0 Å². The number of nitrogens with one attached hydrogen (secondary N) is 1. The topological polar surface area (TPSA) is 122 Å². The van der Waals surface area contributed by atoms with Gasteiger partial charge in [0, 0.05) is 18.7 Å². The molecule has 0 radical (unpaired) electrons. The van der Waals surface area contributed by atoms with E-state index in [0.717, 1.165) is 0 Å². The Morgan fingerprint density at radius 3 is 2.77 bits per heavy atom. The molecule has 0 saturated heterocycles. The van der Waals surface area contributed by atoms with Crippen LogP contribution in [0.25, 0.3) is 21.7 Å². The molecule has 31 heavy (non-hydrogen) atoms. The van der Waals surface area contributed by atoms with Crippen molar-refractivity contribution in [3.05, 3.63) is 51.9 Å². The molecule has 0 amide bonds. The van der Waals surface area contributed by atoms with E-state index in [1.54, 1.807) is 38.1 Å². The Hall–Kier alpha value is -2.54. The number of aromatic nitrogens is 4. The highest BCUT2D eigenvalue weighted by Crippen LogP contribution is 2.27. The van der Waals surface area contributed by atoms with Crippen molar-refractivity contribution < 1.29 is 12.8 Å². The average molecular weight is 478 g/mol. The lowest BCUT2D eigenvalue weighted by Crippen LogP contribution is -2.30. The zero-order valence-corrected chi connectivity index (χ0v) is 19.2. The van der Waals surface area contributed by atoms with E-state index in [1.807, 2.05) is 5.38 Å². The van der Waals surface area contributed by atoms with Crippen LogP contribution >= 0.6 is 23.1 Å². The number of benzene rings is 1. The predicted molar refractivity (Wildman–Crippen MR) is 120 cm³/mol. The maximum atomic E-state index is 12.8. The molecule has 0 aliphatic heterocycles. The lowest BCUT2D eigenvalue weighted by Gasteiger charge is -2.18. The van der Waals surface area contributed by atoms with Crippen LogP contribution in [0.4, 0.5) is 0 Å². The molecule has 4 rings (SSSR count). The first-order chi connectivity index (χ1) is 14.9. The van der Waals surface area contributed by atoms with Crippen LogP contribution in [0.5, 0.6) is 0 Å². The Labute approximate surface area is 186 Å². The standard InChI is InChI=1S/C19H19N5O4S3/c1-3-24(4-2)31(26,27)13-7-5-6-12(10-13)18-22-23-19(28-18)30-11-15-20-14-8-9-29-16(14)17(25)21-15/h5-10H,3-4,11H2,1-2H3,(H,20,21,25). The first-order valence-corrected chi connectivity index (χ1v) is 12.8. The van der Waals surface area contributed by atoms with Crippen LogP contribution in [0, 0.1) is 0 Å². The van der Waals surface area contributed by atoms with Crippen LogP contribution in [0.15, 0.2) is 55.0 Å². The fraction of sp³-hybridized carbons (Fsp3) is 0.263. The van der Waals surface area contributed by atoms with E-state index in [1.165, 1.54) is 33.5 Å². The Morgan fingerprint density at radius 1 is 1.19 bits per heavy atom. The Bertz CT molecular complexity index is 1370. The van der Waals surface area contributed by atoms with Crippen molar-refractivity contribution in [2.24, 2.45) is 0 Å². The summed E-state index contributed by atoms with van der Waals surface area (Å²) in [6.07, 6.45) is 0. The predicted octanol–water partition coefficient (Wildman–Crippen LogP) is 3.36. The van der Waals surface area contributed by atoms with Gasteiger partial charge in [-0.05, 0) is 29.6 Å². The van der Waals surface area contributed by atoms with E-state index >= 15 is 0 Å². The summed E-state index contributed by atoms with van der Waals surface area (Å²) in [6, 6.07) is 8.23. The quantitative estimate of drug-likeness (QED) is 0.383. The van der Waals surface area contributed by atoms with E-state index in [4.69, 9.17) is 4.42 Å². The Kier molecular flexibility index (Phi) is 6.23. The van der Waals surface area contributed by atoms with Gasteiger partial charge in [0.15, 0.2) is 0 Å². The number of fused-ring (bicyclic) bond motifs is 1. The number of sulfonamides is 1. The van der Waals surface area contributed by atoms with Crippen LogP contribution in [0.1, 0.15) is 19.7 Å². The molecule has 0 bridgehead atoms. The molecule has 3 aromatic heterocycles. The van der Waals surface area contributed by atoms with Crippen molar-refractivity contribution >= 4 is 43.3 Å². The number of aromatic amines is 1. The van der Waals surface area contributed by atoms with Gasteiger partial charge in [-0.1, -0.05) is 31.7 Å². The zero-order chi connectivity index (χ0) is 22.0. The molecule has 12 heteroatoms. The molecule has 4 aromatic rings. The number of hydrogen-bond acceptors (Lipinski definition) is 9. The van der Waals surface area contributed by atoms with Crippen LogP contribution in [-0.4, -0.2) is 46.0 Å². The minimum Gasteiger partial charge on any atom is -0.411 e. The highest BCUT2D eigenvalue weighted by atomic mass is 32.2. The minimum absolute atomic E-state index is 0.173. The monoisotopic (exact) mass is 477 g/mol. The molecule has 162 valence electrons. The summed E-state index contributed by atoms with van der Waals surface area (Å²) in [5.74, 6) is 1.07. The molecule has 0 atom stereocenters. The fourth-order valence-corrected chi connectivity index (χ4v) is 5.87. The molecule has 0 fully saturated rings. The molecule has 1 N–H and O–H groups in total. The molecule has 0 spiro atoms. The third kappa shape index (κ3) is 4.42. The molecular formula is C19H19N5O4S3. The maximum Gasteiger partial charge on any atom is 0.277 e. The van der Waals surface area contributed by atoms with Gasteiger partial charge >= 0.3 is 0 Å². The molecule has 0 unspecified atom stereocenters. The minimum atomic E-state index is -3.59. The SMILES string of the molecule is CCN(CC)S(=O)(=O)c1cccc(-c2nnc(SCc3nc4ccsc4c(=O)[nH]3)o2)c1. The first-order valence-electron chi connectivity index (χ1n) is 9.45. The van der Waals surface area contributed by atoms with Gasteiger partial charge in [0.2, 0.25) is 15.9 Å². The van der Waals surface area contributed by atoms with Gasteiger partial charge in [-0.25, -0.2) is 13.4 Å². The second-order valence-electron chi connectivity index (χ2n) is 6.43. The molecule has 3 heterocycles. The molecule has 0 aliphatic rings. The van der Waals surface area contributed by atoms with E-state index in [-0.39, 0.29) is 16.3 Å². The largest absolute Gasteiger partial charge is 0.411 e. The van der Waals surface area contributed by atoms with Crippen molar-refractivity contribution in [3.8, 4) is 11.5 Å². The average Bonchev–Trinajstić information content (AvgIpc) is 3.43. The number of thiophene rings is 1. The van der Waals surface area contributed by atoms with Crippen molar-refractivity contribution in [2.45, 2.75) is 29.7 Å². The van der Waals surface area contributed by atoms with Crippen LogP contribution in [0.3, 0.4) is 0 Å². The number of hydrogen-bond donors (Lipinski definition) is 1.